The van der Waals surface area contributed by atoms with E-state index in [9.17, 15) is 4.79 Å². The van der Waals surface area contributed by atoms with Crippen LogP contribution in [0.1, 0.15) is 31.7 Å². The standard InChI is InChI=1S/C33H34ClFN6O3/c1-4-14-43-18-39-12-13-40(26-17-25(26)39)31-21-16-22(34)29-28-23(35)8-6-9-24(28)36-11-15-44-27-10-5-7-20(19(2)3)30(27)41(32(21)37-29)33(42)38-31/h4-10,16,19,25-26,36H,1,11-15,17-18H2,2-3H3/t25-,26+/m0/s1. The molecule has 1 N–H and O–H groups in total. The Morgan fingerprint density at radius 2 is 2.05 bits per heavy atom. The van der Waals surface area contributed by atoms with Gasteiger partial charge in [-0.2, -0.15) is 4.98 Å². The molecule has 228 valence electrons. The number of pyridine rings is 1. The average Bonchev–Trinajstić information content (AvgIpc) is 3.81. The minimum atomic E-state index is -0.482. The van der Waals surface area contributed by atoms with E-state index in [2.05, 4.69) is 35.5 Å². The molecule has 1 saturated heterocycles. The number of rotatable bonds is 6. The number of aromatic nitrogens is 3. The Balaban J connectivity index is 1.47. The molecular weight excluding hydrogens is 583 g/mol. The van der Waals surface area contributed by atoms with Gasteiger partial charge in [0.25, 0.3) is 0 Å². The third kappa shape index (κ3) is 4.91. The summed E-state index contributed by atoms with van der Waals surface area (Å²) in [5, 5.41) is 4.18. The Hall–Kier alpha value is -3.99. The number of hydrogen-bond acceptors (Lipinski definition) is 8. The van der Waals surface area contributed by atoms with Gasteiger partial charge < -0.3 is 19.7 Å². The van der Waals surface area contributed by atoms with Crippen molar-refractivity contribution < 1.29 is 13.9 Å². The molecule has 0 spiro atoms. The van der Waals surface area contributed by atoms with E-state index < -0.39 is 11.5 Å². The lowest BCUT2D eigenvalue weighted by atomic mass is 10.00. The van der Waals surface area contributed by atoms with Crippen LogP contribution >= 0.6 is 11.6 Å². The Bertz CT molecular complexity index is 1830. The lowest BCUT2D eigenvalue weighted by Gasteiger charge is -2.35. The highest BCUT2D eigenvalue weighted by atomic mass is 35.5. The molecule has 1 saturated carbocycles. The maximum Gasteiger partial charge on any atom is 0.355 e. The highest BCUT2D eigenvalue weighted by Crippen LogP contribution is 2.43. The van der Waals surface area contributed by atoms with Crippen LogP contribution in [0, 0.1) is 5.82 Å². The number of hydrogen-bond donors (Lipinski definition) is 1. The fourth-order valence-corrected chi connectivity index (χ4v) is 6.71. The van der Waals surface area contributed by atoms with Crippen molar-refractivity contribution in [1.82, 2.24) is 19.4 Å². The highest BCUT2D eigenvalue weighted by Gasteiger charge is 2.50. The first-order chi connectivity index (χ1) is 21.4. The maximum atomic E-state index is 15.5. The molecule has 4 heterocycles. The van der Waals surface area contributed by atoms with E-state index in [-0.39, 0.29) is 34.8 Å². The Morgan fingerprint density at radius 1 is 1.20 bits per heavy atom. The number of fused-ring (bicyclic) bond motifs is 6. The molecule has 11 heteroatoms. The smallest absolute Gasteiger partial charge is 0.355 e. The van der Waals surface area contributed by atoms with Gasteiger partial charge in [-0.25, -0.2) is 18.7 Å². The summed E-state index contributed by atoms with van der Waals surface area (Å²) in [7, 11) is 0. The third-order valence-electron chi connectivity index (χ3n) is 8.59. The molecule has 2 bridgehead atoms. The van der Waals surface area contributed by atoms with E-state index in [1.807, 2.05) is 18.2 Å². The van der Waals surface area contributed by atoms with E-state index >= 15 is 4.39 Å². The zero-order chi connectivity index (χ0) is 30.5. The molecule has 0 unspecified atom stereocenters. The molecule has 2 fully saturated rings. The molecule has 4 aromatic rings. The van der Waals surface area contributed by atoms with Crippen LogP contribution in [-0.4, -0.2) is 71.1 Å². The summed E-state index contributed by atoms with van der Waals surface area (Å²) < 4.78 is 29.0. The average molecular weight is 617 g/mol. The van der Waals surface area contributed by atoms with E-state index in [0.717, 1.165) is 18.5 Å². The number of benzene rings is 2. The minimum Gasteiger partial charge on any atom is -0.490 e. The fraction of sp³-hybridized carbons (Fsp3) is 0.364. The second kappa shape index (κ2) is 11.5. The number of halogens is 2. The molecule has 2 aromatic carbocycles. The third-order valence-corrected chi connectivity index (χ3v) is 8.88. The first kappa shape index (κ1) is 28.8. The molecule has 9 nitrogen and oxygen atoms in total. The van der Waals surface area contributed by atoms with Crippen molar-refractivity contribution in [2.75, 3.05) is 49.8 Å². The molecule has 0 radical (unpaired) electrons. The second-order valence-electron chi connectivity index (χ2n) is 11.7. The number of anilines is 2. The molecule has 1 aliphatic carbocycles. The van der Waals surface area contributed by atoms with Crippen LogP contribution < -0.4 is 20.6 Å². The lowest BCUT2D eigenvalue weighted by molar-refractivity contribution is 0.0337. The van der Waals surface area contributed by atoms with Gasteiger partial charge >= 0.3 is 5.69 Å². The number of para-hydroxylation sites is 1. The Kier molecular flexibility index (Phi) is 7.52. The van der Waals surface area contributed by atoms with Crippen LogP contribution in [0.2, 0.25) is 5.02 Å². The zero-order valence-electron chi connectivity index (χ0n) is 24.7. The van der Waals surface area contributed by atoms with Gasteiger partial charge in [-0.15, -0.1) is 6.58 Å². The van der Waals surface area contributed by atoms with Gasteiger partial charge in [0, 0.05) is 37.4 Å². The van der Waals surface area contributed by atoms with Gasteiger partial charge in [-0.1, -0.05) is 49.7 Å². The number of nitrogens with zero attached hydrogens (tertiary/aromatic N) is 5. The largest absolute Gasteiger partial charge is 0.490 e. The topological polar surface area (TPSA) is 84.8 Å². The van der Waals surface area contributed by atoms with Crippen LogP contribution in [0.3, 0.4) is 0 Å². The molecule has 44 heavy (non-hydrogen) atoms. The van der Waals surface area contributed by atoms with E-state index in [0.29, 0.717) is 66.4 Å². The summed E-state index contributed by atoms with van der Waals surface area (Å²) in [6.45, 7) is 11.0. The van der Waals surface area contributed by atoms with Crippen LogP contribution in [0.15, 0.2) is 59.9 Å². The summed E-state index contributed by atoms with van der Waals surface area (Å²) in [6, 6.07) is 12.8. The molecule has 2 aliphatic heterocycles. The van der Waals surface area contributed by atoms with Gasteiger partial charge in [0.1, 0.15) is 24.0 Å². The molecular formula is C33H34ClFN6O3. The maximum absolute atomic E-state index is 15.5. The fourth-order valence-electron chi connectivity index (χ4n) is 6.46. The van der Waals surface area contributed by atoms with Gasteiger partial charge in [0.15, 0.2) is 5.65 Å². The van der Waals surface area contributed by atoms with Gasteiger partial charge in [0.2, 0.25) is 0 Å². The van der Waals surface area contributed by atoms with E-state index in [1.54, 1.807) is 24.3 Å². The summed E-state index contributed by atoms with van der Waals surface area (Å²) in [5.41, 5.74) is 2.39. The Labute approximate surface area is 259 Å². The second-order valence-corrected chi connectivity index (χ2v) is 12.1. The van der Waals surface area contributed by atoms with Crippen molar-refractivity contribution in [2.45, 2.75) is 38.3 Å². The van der Waals surface area contributed by atoms with E-state index in [4.69, 9.17) is 31.0 Å². The minimum absolute atomic E-state index is 0.0646. The molecule has 0 amide bonds. The molecule has 2 aromatic heterocycles. The van der Waals surface area contributed by atoms with Crippen molar-refractivity contribution in [3.63, 3.8) is 0 Å². The molecule has 7 rings (SSSR count). The van der Waals surface area contributed by atoms with Crippen molar-refractivity contribution in [3.05, 3.63) is 82.0 Å². The van der Waals surface area contributed by atoms with Crippen molar-refractivity contribution in [2.24, 2.45) is 0 Å². The normalized spacial score (nSPS) is 19.3. The van der Waals surface area contributed by atoms with Crippen molar-refractivity contribution in [1.29, 1.82) is 0 Å². The van der Waals surface area contributed by atoms with Gasteiger partial charge in [-0.05, 0) is 42.2 Å². The molecule has 2 atom stereocenters. The van der Waals surface area contributed by atoms with Gasteiger partial charge in [0.05, 0.1) is 40.7 Å². The predicted octanol–water partition coefficient (Wildman–Crippen LogP) is 5.59. The van der Waals surface area contributed by atoms with Gasteiger partial charge in [-0.3, -0.25) is 4.90 Å². The number of nitrogens with one attached hydrogen (secondary N) is 1. The van der Waals surface area contributed by atoms with Crippen molar-refractivity contribution >= 4 is 34.1 Å². The quantitative estimate of drug-likeness (QED) is 0.222. The highest BCUT2D eigenvalue weighted by molar-refractivity contribution is 6.34. The number of piperazine rings is 1. The zero-order valence-corrected chi connectivity index (χ0v) is 25.5. The number of ether oxygens (including phenoxy) is 2. The summed E-state index contributed by atoms with van der Waals surface area (Å²) in [4.78, 5) is 28.4. The first-order valence-electron chi connectivity index (χ1n) is 15.0. The summed E-state index contributed by atoms with van der Waals surface area (Å²) in [5.74, 6) is 0.674. The summed E-state index contributed by atoms with van der Waals surface area (Å²) in [6.07, 6.45) is 2.68. The van der Waals surface area contributed by atoms with E-state index in [1.165, 1.54) is 10.6 Å². The predicted molar refractivity (Wildman–Crippen MR) is 171 cm³/mol. The SMILES string of the molecule is C=CCOCN1CCN(c2nc(=O)n3c4nc(c(Cl)cc24)-c2c(F)cccc2NCCOc2cccc(C(C)C)c2-3)[C@@H]2C[C@@H]21. The van der Waals surface area contributed by atoms with Crippen LogP contribution in [0.4, 0.5) is 15.9 Å². The van der Waals surface area contributed by atoms with Crippen LogP contribution in [-0.2, 0) is 4.74 Å². The summed E-state index contributed by atoms with van der Waals surface area (Å²) >= 11 is 6.95. The molecule has 3 aliphatic rings. The first-order valence-corrected chi connectivity index (χ1v) is 15.4. The van der Waals surface area contributed by atoms with Crippen LogP contribution in [0.5, 0.6) is 5.75 Å². The monoisotopic (exact) mass is 616 g/mol. The lowest BCUT2D eigenvalue weighted by Crippen LogP contribution is -2.48. The Morgan fingerprint density at radius 3 is 2.86 bits per heavy atom. The van der Waals surface area contributed by atoms with Crippen molar-refractivity contribution in [3.8, 4) is 22.7 Å². The van der Waals surface area contributed by atoms with Crippen LogP contribution in [0.25, 0.3) is 28.0 Å².